The number of nitrogens with one attached hydrogen (secondary N) is 1. The van der Waals surface area contributed by atoms with E-state index >= 15 is 0 Å². The van der Waals surface area contributed by atoms with Crippen molar-refractivity contribution in [3.8, 4) is 0 Å². The molecule has 0 amide bonds. The molecule has 1 aromatic rings. The summed E-state index contributed by atoms with van der Waals surface area (Å²) in [5.74, 6) is 0.976. The zero-order valence-corrected chi connectivity index (χ0v) is 11.2. The maximum atomic E-state index is 4.36. The largest absolute Gasteiger partial charge is 0.312 e. The topological polar surface area (TPSA) is 29.9 Å². The molecule has 0 bridgehead atoms. The van der Waals surface area contributed by atoms with E-state index in [2.05, 4.69) is 35.1 Å². The fourth-order valence-electron chi connectivity index (χ4n) is 3.04. The molecule has 1 N–H and O–H groups in total. The van der Waals surface area contributed by atoms with Crippen molar-refractivity contribution in [2.45, 2.75) is 58.0 Å². The molecule has 96 valence electrons. The third-order valence-electron chi connectivity index (χ3n) is 4.09. The number of nitrogens with zero attached hydrogens (tertiary/aromatic N) is 2. The summed E-state index contributed by atoms with van der Waals surface area (Å²) in [6.07, 6.45) is 10.3. The van der Waals surface area contributed by atoms with E-state index in [0.29, 0.717) is 6.04 Å². The van der Waals surface area contributed by atoms with E-state index < -0.39 is 0 Å². The predicted molar refractivity (Wildman–Crippen MR) is 70.9 cm³/mol. The first-order valence-corrected chi connectivity index (χ1v) is 7.04. The van der Waals surface area contributed by atoms with Gasteiger partial charge in [0.1, 0.15) is 0 Å². The lowest BCUT2D eigenvalue weighted by molar-refractivity contribution is 0.410. The summed E-state index contributed by atoms with van der Waals surface area (Å²) in [5.41, 5.74) is 1.34. The van der Waals surface area contributed by atoms with Crippen LogP contribution in [0.25, 0.3) is 0 Å². The van der Waals surface area contributed by atoms with Gasteiger partial charge in [0.05, 0.1) is 5.69 Å². The number of aromatic nitrogens is 2. The Hall–Kier alpha value is -0.830. The molecule has 1 fully saturated rings. The molecule has 3 nitrogen and oxygen atoms in total. The third-order valence-corrected chi connectivity index (χ3v) is 4.09. The van der Waals surface area contributed by atoms with Crippen molar-refractivity contribution < 1.29 is 0 Å². The molecule has 1 aliphatic carbocycles. The monoisotopic (exact) mass is 235 g/mol. The Morgan fingerprint density at radius 3 is 2.88 bits per heavy atom. The molecule has 17 heavy (non-hydrogen) atoms. The molecule has 0 saturated heterocycles. The van der Waals surface area contributed by atoms with Crippen LogP contribution in [0.5, 0.6) is 0 Å². The molecule has 1 atom stereocenters. The van der Waals surface area contributed by atoms with Gasteiger partial charge in [0.25, 0.3) is 0 Å². The molecule has 1 aliphatic rings. The van der Waals surface area contributed by atoms with E-state index in [1.54, 1.807) is 0 Å². The lowest BCUT2D eigenvalue weighted by Crippen LogP contribution is -2.21. The second-order valence-corrected chi connectivity index (χ2v) is 5.14. The summed E-state index contributed by atoms with van der Waals surface area (Å²) < 4.78 is 2.11. The Morgan fingerprint density at radius 1 is 1.47 bits per heavy atom. The normalized spacial score (nSPS) is 18.7. The first-order chi connectivity index (χ1) is 8.35. The van der Waals surface area contributed by atoms with Gasteiger partial charge in [-0.25, -0.2) is 0 Å². The molecule has 1 saturated carbocycles. The third kappa shape index (κ3) is 3.09. The number of hydrogen-bond acceptors (Lipinski definition) is 2. The zero-order valence-electron chi connectivity index (χ0n) is 11.2. The smallest absolute Gasteiger partial charge is 0.0553 e. The van der Waals surface area contributed by atoms with Crippen LogP contribution in [-0.4, -0.2) is 16.8 Å². The average molecular weight is 235 g/mol. The van der Waals surface area contributed by atoms with Gasteiger partial charge in [-0.3, -0.25) is 4.68 Å². The number of rotatable bonds is 6. The Bertz CT molecular complexity index is 326. The second-order valence-electron chi connectivity index (χ2n) is 5.14. The van der Waals surface area contributed by atoms with E-state index in [9.17, 15) is 0 Å². The van der Waals surface area contributed by atoms with Gasteiger partial charge in [-0.1, -0.05) is 25.7 Å². The molecular weight excluding hydrogens is 210 g/mol. The molecule has 1 heterocycles. The lowest BCUT2D eigenvalue weighted by atomic mass is 9.97. The molecule has 1 aromatic heterocycles. The Labute approximate surface area is 105 Å². The molecule has 1 unspecified atom stereocenters. The molecule has 0 spiro atoms. The Morgan fingerprint density at radius 2 is 2.24 bits per heavy atom. The zero-order chi connectivity index (χ0) is 12.1. The van der Waals surface area contributed by atoms with Crippen molar-refractivity contribution >= 4 is 0 Å². The standard InChI is InChI=1S/C14H25N3/c1-3-17-14(10-11-16-17)13(15-2)9-8-12-6-4-5-7-12/h10-13,15H,3-9H2,1-2H3. The molecule has 0 aromatic carbocycles. The van der Waals surface area contributed by atoms with Crippen molar-refractivity contribution in [2.75, 3.05) is 7.05 Å². The summed E-state index contributed by atoms with van der Waals surface area (Å²) in [6, 6.07) is 2.62. The minimum Gasteiger partial charge on any atom is -0.312 e. The fraction of sp³-hybridized carbons (Fsp3) is 0.786. The highest BCUT2D eigenvalue weighted by Crippen LogP contribution is 2.31. The van der Waals surface area contributed by atoms with Crippen LogP contribution in [0.2, 0.25) is 0 Å². The molecule has 2 rings (SSSR count). The summed E-state index contributed by atoms with van der Waals surface area (Å²) in [7, 11) is 2.06. The van der Waals surface area contributed by atoms with Gasteiger partial charge in [-0.05, 0) is 38.8 Å². The summed E-state index contributed by atoms with van der Waals surface area (Å²) in [4.78, 5) is 0. The number of hydrogen-bond donors (Lipinski definition) is 1. The number of aryl methyl sites for hydroxylation is 1. The lowest BCUT2D eigenvalue weighted by Gasteiger charge is -2.19. The van der Waals surface area contributed by atoms with Crippen LogP contribution in [0.15, 0.2) is 12.3 Å². The van der Waals surface area contributed by atoms with E-state index in [0.717, 1.165) is 12.5 Å². The summed E-state index contributed by atoms with van der Waals surface area (Å²) in [5, 5.41) is 7.80. The molecule has 0 aliphatic heterocycles. The van der Waals surface area contributed by atoms with Crippen LogP contribution in [0, 0.1) is 5.92 Å². The molecule has 3 heteroatoms. The van der Waals surface area contributed by atoms with Crippen LogP contribution >= 0.6 is 0 Å². The highest BCUT2D eigenvalue weighted by atomic mass is 15.3. The summed E-state index contributed by atoms with van der Waals surface area (Å²) >= 11 is 0. The highest BCUT2D eigenvalue weighted by Gasteiger charge is 2.19. The quantitative estimate of drug-likeness (QED) is 0.821. The van der Waals surface area contributed by atoms with Gasteiger partial charge in [0, 0.05) is 18.8 Å². The fourth-order valence-corrected chi connectivity index (χ4v) is 3.04. The summed E-state index contributed by atoms with van der Waals surface area (Å²) in [6.45, 7) is 3.12. The Kier molecular flexibility index (Phi) is 4.60. The minimum atomic E-state index is 0.470. The van der Waals surface area contributed by atoms with E-state index in [4.69, 9.17) is 0 Å². The van der Waals surface area contributed by atoms with Crippen LogP contribution in [0.4, 0.5) is 0 Å². The van der Waals surface area contributed by atoms with Gasteiger partial charge in [0.15, 0.2) is 0 Å². The first kappa shape index (κ1) is 12.6. The van der Waals surface area contributed by atoms with Crippen molar-refractivity contribution in [2.24, 2.45) is 5.92 Å². The van der Waals surface area contributed by atoms with Crippen LogP contribution in [0.3, 0.4) is 0 Å². The average Bonchev–Trinajstić information content (AvgIpc) is 3.00. The molecule has 0 radical (unpaired) electrons. The van der Waals surface area contributed by atoms with E-state index in [-0.39, 0.29) is 0 Å². The van der Waals surface area contributed by atoms with Gasteiger partial charge in [-0.15, -0.1) is 0 Å². The van der Waals surface area contributed by atoms with Crippen molar-refractivity contribution in [3.63, 3.8) is 0 Å². The molecular formula is C14H25N3. The second kappa shape index (κ2) is 6.20. The van der Waals surface area contributed by atoms with Crippen LogP contribution < -0.4 is 5.32 Å². The Balaban J connectivity index is 1.91. The van der Waals surface area contributed by atoms with Gasteiger partial charge in [-0.2, -0.15) is 5.10 Å². The minimum absolute atomic E-state index is 0.470. The van der Waals surface area contributed by atoms with Crippen molar-refractivity contribution in [1.82, 2.24) is 15.1 Å². The van der Waals surface area contributed by atoms with Gasteiger partial charge < -0.3 is 5.32 Å². The van der Waals surface area contributed by atoms with Crippen LogP contribution in [0.1, 0.15) is 57.2 Å². The SMILES string of the molecule is CCn1nccc1C(CCC1CCCC1)NC. The van der Waals surface area contributed by atoms with Crippen molar-refractivity contribution in [1.29, 1.82) is 0 Å². The van der Waals surface area contributed by atoms with E-state index in [1.807, 2.05) is 6.20 Å². The predicted octanol–water partition coefficient (Wildman–Crippen LogP) is 3.13. The maximum absolute atomic E-state index is 4.36. The van der Waals surface area contributed by atoms with Crippen molar-refractivity contribution in [3.05, 3.63) is 18.0 Å². The maximum Gasteiger partial charge on any atom is 0.0553 e. The van der Waals surface area contributed by atoms with E-state index in [1.165, 1.54) is 44.2 Å². The van der Waals surface area contributed by atoms with Crippen LogP contribution in [-0.2, 0) is 6.54 Å². The highest BCUT2D eigenvalue weighted by molar-refractivity contribution is 5.06. The first-order valence-electron chi connectivity index (χ1n) is 7.04. The van der Waals surface area contributed by atoms with Gasteiger partial charge in [0.2, 0.25) is 0 Å². The van der Waals surface area contributed by atoms with Gasteiger partial charge >= 0.3 is 0 Å².